The fourth-order valence-electron chi connectivity index (χ4n) is 2.76. The summed E-state index contributed by atoms with van der Waals surface area (Å²) in [5.74, 6) is 1.74. The number of ether oxygens (including phenoxy) is 1. The lowest BCUT2D eigenvalue weighted by Crippen LogP contribution is -2.46. The van der Waals surface area contributed by atoms with E-state index in [1.54, 1.807) is 7.11 Å². The van der Waals surface area contributed by atoms with Crippen LogP contribution in [0.25, 0.3) is 0 Å². The molecule has 0 aromatic heterocycles. The monoisotopic (exact) mass is 340 g/mol. The van der Waals surface area contributed by atoms with Crippen LogP contribution >= 0.6 is 15.9 Å². The van der Waals surface area contributed by atoms with Crippen molar-refractivity contribution in [1.29, 1.82) is 0 Å². The van der Waals surface area contributed by atoms with Crippen molar-refractivity contribution in [3.05, 3.63) is 28.2 Å². The Morgan fingerprint density at radius 2 is 1.80 bits per heavy atom. The van der Waals surface area contributed by atoms with E-state index in [1.807, 2.05) is 12.1 Å². The van der Waals surface area contributed by atoms with Gasteiger partial charge in [-0.15, -0.1) is 0 Å². The zero-order valence-electron chi connectivity index (χ0n) is 12.7. The van der Waals surface area contributed by atoms with Gasteiger partial charge in [-0.05, 0) is 24.1 Å². The topological polar surface area (TPSA) is 15.7 Å². The Kier molecular flexibility index (Phi) is 5.87. The van der Waals surface area contributed by atoms with Crippen molar-refractivity contribution in [3.63, 3.8) is 0 Å². The quantitative estimate of drug-likeness (QED) is 0.818. The zero-order chi connectivity index (χ0) is 14.5. The average Bonchev–Trinajstić information content (AvgIpc) is 2.41. The number of methoxy groups -OCH3 is 1. The Hall–Kier alpha value is -0.580. The van der Waals surface area contributed by atoms with Crippen LogP contribution < -0.4 is 4.74 Å². The van der Waals surface area contributed by atoms with Crippen molar-refractivity contribution < 1.29 is 4.74 Å². The first-order valence-electron chi connectivity index (χ1n) is 7.35. The minimum atomic E-state index is 0.756. The summed E-state index contributed by atoms with van der Waals surface area (Å²) in [6.45, 7) is 11.4. The molecule has 3 nitrogen and oxygen atoms in total. The maximum absolute atomic E-state index is 5.46. The van der Waals surface area contributed by atoms with E-state index in [4.69, 9.17) is 4.74 Å². The number of rotatable bonds is 5. The van der Waals surface area contributed by atoms with Crippen LogP contribution in [0.3, 0.4) is 0 Å². The van der Waals surface area contributed by atoms with Gasteiger partial charge in [-0.25, -0.2) is 0 Å². The molecule has 0 bridgehead atoms. The molecule has 1 heterocycles. The Balaban J connectivity index is 1.91. The second-order valence-corrected chi connectivity index (χ2v) is 6.84. The van der Waals surface area contributed by atoms with E-state index in [0.717, 1.165) is 35.8 Å². The number of benzene rings is 1. The summed E-state index contributed by atoms with van der Waals surface area (Å²) in [4.78, 5) is 5.08. The Morgan fingerprint density at radius 3 is 2.40 bits per heavy atom. The van der Waals surface area contributed by atoms with Gasteiger partial charge in [-0.3, -0.25) is 4.90 Å². The summed E-state index contributed by atoms with van der Waals surface area (Å²) in [5.41, 5.74) is 1.26. The molecule has 112 valence electrons. The minimum Gasteiger partial charge on any atom is -0.496 e. The maximum Gasteiger partial charge on any atom is 0.123 e. The molecule has 1 aliphatic heterocycles. The number of piperazine rings is 1. The molecule has 0 N–H and O–H groups in total. The normalized spacial score (nSPS) is 17.6. The SMILES string of the molecule is COc1ccc(Br)cc1CN1CCN(CC(C)C)CC1. The van der Waals surface area contributed by atoms with E-state index in [9.17, 15) is 0 Å². The highest BCUT2D eigenvalue weighted by atomic mass is 79.9. The first-order valence-corrected chi connectivity index (χ1v) is 8.15. The molecule has 1 aromatic rings. The molecule has 0 saturated carbocycles. The Labute approximate surface area is 131 Å². The predicted molar refractivity (Wildman–Crippen MR) is 87.2 cm³/mol. The summed E-state index contributed by atoms with van der Waals surface area (Å²) in [6, 6.07) is 6.23. The molecule has 1 aromatic carbocycles. The highest BCUT2D eigenvalue weighted by Gasteiger charge is 2.18. The molecule has 2 rings (SSSR count). The molecular weight excluding hydrogens is 316 g/mol. The van der Waals surface area contributed by atoms with Gasteiger partial charge in [0.2, 0.25) is 0 Å². The van der Waals surface area contributed by atoms with Gasteiger partial charge in [0.05, 0.1) is 7.11 Å². The molecular formula is C16H25BrN2O. The molecule has 0 unspecified atom stereocenters. The van der Waals surface area contributed by atoms with Gasteiger partial charge < -0.3 is 9.64 Å². The van der Waals surface area contributed by atoms with E-state index < -0.39 is 0 Å². The second-order valence-electron chi connectivity index (χ2n) is 5.93. The maximum atomic E-state index is 5.46. The largest absolute Gasteiger partial charge is 0.496 e. The van der Waals surface area contributed by atoms with Crippen molar-refractivity contribution in [2.45, 2.75) is 20.4 Å². The standard InChI is InChI=1S/C16H25BrN2O/c1-13(2)11-18-6-8-19(9-7-18)12-14-10-15(17)4-5-16(14)20-3/h4-5,10,13H,6-9,11-12H2,1-3H3. The third-order valence-electron chi connectivity index (χ3n) is 3.72. The lowest BCUT2D eigenvalue weighted by Gasteiger charge is -2.35. The second kappa shape index (κ2) is 7.43. The summed E-state index contributed by atoms with van der Waals surface area (Å²) in [7, 11) is 1.74. The molecule has 1 aliphatic rings. The van der Waals surface area contributed by atoms with Crippen LogP contribution in [0.15, 0.2) is 22.7 Å². The number of halogens is 1. The third kappa shape index (κ3) is 4.47. The Morgan fingerprint density at radius 1 is 1.15 bits per heavy atom. The first-order chi connectivity index (χ1) is 9.58. The summed E-state index contributed by atoms with van der Waals surface area (Å²) in [6.07, 6.45) is 0. The van der Waals surface area contributed by atoms with Gasteiger partial charge in [-0.2, -0.15) is 0 Å². The lowest BCUT2D eigenvalue weighted by atomic mass is 10.1. The molecule has 4 heteroatoms. The van der Waals surface area contributed by atoms with Gasteiger partial charge in [0, 0.05) is 49.3 Å². The molecule has 0 aliphatic carbocycles. The van der Waals surface area contributed by atoms with Crippen molar-refractivity contribution in [3.8, 4) is 5.75 Å². The molecule has 1 fully saturated rings. The summed E-state index contributed by atoms with van der Waals surface area (Å²) >= 11 is 3.54. The molecule has 1 saturated heterocycles. The van der Waals surface area contributed by atoms with Crippen molar-refractivity contribution in [2.75, 3.05) is 39.8 Å². The number of hydrogen-bond acceptors (Lipinski definition) is 3. The van der Waals surface area contributed by atoms with Crippen LogP contribution in [0.5, 0.6) is 5.75 Å². The minimum absolute atomic E-state index is 0.756. The number of nitrogens with zero attached hydrogens (tertiary/aromatic N) is 2. The van der Waals surface area contributed by atoms with E-state index in [1.165, 1.54) is 25.2 Å². The van der Waals surface area contributed by atoms with Crippen LogP contribution in [0.2, 0.25) is 0 Å². The van der Waals surface area contributed by atoms with E-state index in [-0.39, 0.29) is 0 Å². The van der Waals surface area contributed by atoms with E-state index in [0.29, 0.717) is 0 Å². The van der Waals surface area contributed by atoms with E-state index >= 15 is 0 Å². The predicted octanol–water partition coefficient (Wildman–Crippen LogP) is 3.23. The van der Waals surface area contributed by atoms with Gasteiger partial charge in [0.15, 0.2) is 0 Å². The van der Waals surface area contributed by atoms with Crippen molar-refractivity contribution in [2.24, 2.45) is 5.92 Å². The smallest absolute Gasteiger partial charge is 0.123 e. The summed E-state index contributed by atoms with van der Waals surface area (Å²) in [5, 5.41) is 0. The Bertz CT molecular complexity index is 428. The molecule has 0 spiro atoms. The summed E-state index contributed by atoms with van der Waals surface area (Å²) < 4.78 is 6.58. The van der Waals surface area contributed by atoms with Crippen LogP contribution in [0, 0.1) is 5.92 Å². The number of hydrogen-bond donors (Lipinski definition) is 0. The highest BCUT2D eigenvalue weighted by Crippen LogP contribution is 2.24. The molecule has 0 amide bonds. The van der Waals surface area contributed by atoms with Crippen LogP contribution in [0.4, 0.5) is 0 Å². The fraction of sp³-hybridized carbons (Fsp3) is 0.625. The van der Waals surface area contributed by atoms with Gasteiger partial charge in [0.1, 0.15) is 5.75 Å². The van der Waals surface area contributed by atoms with Crippen molar-refractivity contribution in [1.82, 2.24) is 9.80 Å². The third-order valence-corrected chi connectivity index (χ3v) is 4.22. The van der Waals surface area contributed by atoms with Crippen LogP contribution in [-0.2, 0) is 6.54 Å². The molecule has 20 heavy (non-hydrogen) atoms. The van der Waals surface area contributed by atoms with Gasteiger partial charge in [0.25, 0.3) is 0 Å². The highest BCUT2D eigenvalue weighted by molar-refractivity contribution is 9.10. The van der Waals surface area contributed by atoms with Crippen LogP contribution in [-0.4, -0.2) is 49.6 Å². The zero-order valence-corrected chi connectivity index (χ0v) is 14.3. The fourth-order valence-corrected chi connectivity index (χ4v) is 3.17. The van der Waals surface area contributed by atoms with Crippen LogP contribution in [0.1, 0.15) is 19.4 Å². The van der Waals surface area contributed by atoms with E-state index in [2.05, 4.69) is 45.6 Å². The lowest BCUT2D eigenvalue weighted by molar-refractivity contribution is 0.117. The molecule has 0 radical (unpaired) electrons. The van der Waals surface area contributed by atoms with Gasteiger partial charge >= 0.3 is 0 Å². The first kappa shape index (κ1) is 15.8. The van der Waals surface area contributed by atoms with Crippen molar-refractivity contribution >= 4 is 15.9 Å². The van der Waals surface area contributed by atoms with Gasteiger partial charge in [-0.1, -0.05) is 29.8 Å². The molecule has 0 atom stereocenters. The average molecular weight is 341 g/mol.